The minimum atomic E-state index is -4.47. The van der Waals surface area contributed by atoms with E-state index in [1.807, 2.05) is 0 Å². The zero-order valence-electron chi connectivity index (χ0n) is 32.4. The number of esters is 1. The molecule has 55 heavy (non-hydrogen) atoms. The number of carbonyl (C=O) groups excluding carboxylic acids is 1. The molecule has 0 radical (unpaired) electrons. The molecule has 0 spiro atoms. The van der Waals surface area contributed by atoms with Gasteiger partial charge < -0.3 is 45.5 Å². The van der Waals surface area contributed by atoms with Crippen LogP contribution in [0.25, 0.3) is 0 Å². The van der Waals surface area contributed by atoms with Crippen molar-refractivity contribution in [3.05, 3.63) is 12.2 Å². The molecule has 2 bridgehead atoms. The fourth-order valence-electron chi connectivity index (χ4n) is 6.58. The Labute approximate surface area is 327 Å². The maximum atomic E-state index is 11.9. The zero-order valence-corrected chi connectivity index (χ0v) is 34.1. The molecule has 0 aliphatic carbocycles. The molecule has 1 unspecified atom stereocenters. The molecule has 2 heterocycles. The van der Waals surface area contributed by atoms with Crippen LogP contribution in [0.15, 0.2) is 12.2 Å². The third kappa shape index (κ3) is 24.4. The average Bonchev–Trinajstić information content (AvgIpc) is 3.45. The Morgan fingerprint density at radius 1 is 0.873 bits per heavy atom. The molecule has 8 N–H and O–H groups in total. The number of aliphatic hydroxyl groups is 2. The highest BCUT2D eigenvalue weighted by Gasteiger charge is 2.52. The topological polar surface area (TPSA) is 266 Å². The van der Waals surface area contributed by atoms with Gasteiger partial charge in [0.15, 0.2) is 5.79 Å². The molecule has 2 saturated heterocycles. The minimum absolute atomic E-state index is 0.0377. The van der Waals surface area contributed by atoms with Gasteiger partial charge in [-0.3, -0.25) is 13.6 Å². The number of nitrogens with two attached hydrogens (primary N) is 2. The summed E-state index contributed by atoms with van der Waals surface area (Å²) in [5.74, 6) is -1.21. The largest absolute Gasteiger partial charge is 0.472 e. The Balaban J connectivity index is 1.44. The molecule has 19 heteroatoms. The van der Waals surface area contributed by atoms with Gasteiger partial charge in [-0.1, -0.05) is 83.1 Å². The van der Waals surface area contributed by atoms with E-state index >= 15 is 0 Å². The summed E-state index contributed by atoms with van der Waals surface area (Å²) in [5, 5.41) is 20.4. The van der Waals surface area contributed by atoms with Crippen molar-refractivity contribution >= 4 is 24.2 Å². The SMILES string of the molecule is NCCOP(=O)(O)OC[C@H](O)COC(=O)/C=C/CCCCC[C@H]1O[C@]2(CCCCCCCCCCCCCCOC[C@@H](N)COS(=O)(=O)O)CC[C@@H](O)[C@H]1O2. The second-order valence-corrected chi connectivity index (χ2v) is 17.1. The number of ether oxygens (including phenoxy) is 4. The van der Waals surface area contributed by atoms with Crippen LogP contribution < -0.4 is 11.5 Å². The van der Waals surface area contributed by atoms with Crippen LogP contribution in [0, 0.1) is 0 Å². The number of allylic oxidation sites excluding steroid dienone is 1. The van der Waals surface area contributed by atoms with Crippen LogP contribution in [-0.2, 0) is 51.9 Å². The molecule has 0 aromatic rings. The Morgan fingerprint density at radius 2 is 1.51 bits per heavy atom. The van der Waals surface area contributed by atoms with Crippen LogP contribution in [0.4, 0.5) is 0 Å². The summed E-state index contributed by atoms with van der Waals surface area (Å²) in [4.78, 5) is 21.3. The highest BCUT2D eigenvalue weighted by atomic mass is 32.3. The predicted octanol–water partition coefficient (Wildman–Crippen LogP) is 4.36. The molecule has 2 aliphatic rings. The van der Waals surface area contributed by atoms with Crippen LogP contribution in [0.5, 0.6) is 0 Å². The molecule has 0 saturated carbocycles. The van der Waals surface area contributed by atoms with Crippen molar-refractivity contribution in [1.29, 1.82) is 0 Å². The summed E-state index contributed by atoms with van der Waals surface area (Å²) in [6.07, 6.45) is 21.2. The van der Waals surface area contributed by atoms with E-state index in [1.54, 1.807) is 6.08 Å². The van der Waals surface area contributed by atoms with E-state index in [0.717, 1.165) is 64.2 Å². The first-order valence-electron chi connectivity index (χ1n) is 20.1. The number of carbonyl (C=O) groups is 1. The Morgan fingerprint density at radius 3 is 2.16 bits per heavy atom. The van der Waals surface area contributed by atoms with Crippen molar-refractivity contribution in [3.63, 3.8) is 0 Å². The van der Waals surface area contributed by atoms with Gasteiger partial charge in [-0.05, 0) is 38.5 Å². The lowest BCUT2D eigenvalue weighted by molar-refractivity contribution is -0.214. The van der Waals surface area contributed by atoms with Crippen molar-refractivity contribution in [2.45, 2.75) is 165 Å². The Hall–Kier alpha value is -1.09. The smallest absolute Gasteiger partial charge is 0.460 e. The van der Waals surface area contributed by atoms with Gasteiger partial charge in [-0.15, -0.1) is 0 Å². The second-order valence-electron chi connectivity index (χ2n) is 14.5. The molecule has 7 atom stereocenters. The number of aliphatic hydroxyl groups excluding tert-OH is 2. The Bertz CT molecular complexity index is 1220. The number of hydrogen-bond donors (Lipinski definition) is 6. The summed E-state index contributed by atoms with van der Waals surface area (Å²) in [7, 11) is -8.79. The van der Waals surface area contributed by atoms with E-state index in [4.69, 9.17) is 35.0 Å². The molecule has 17 nitrogen and oxygen atoms in total. The zero-order chi connectivity index (χ0) is 40.4. The van der Waals surface area contributed by atoms with Gasteiger partial charge in [0.25, 0.3) is 0 Å². The highest BCUT2D eigenvalue weighted by molar-refractivity contribution is 7.80. The molecule has 0 aromatic heterocycles. The summed E-state index contributed by atoms with van der Waals surface area (Å²) < 4.78 is 77.8. The molecule has 0 aromatic carbocycles. The lowest BCUT2D eigenvalue weighted by Crippen LogP contribution is -2.41. The molecule has 0 amide bonds. The van der Waals surface area contributed by atoms with Crippen molar-refractivity contribution in [1.82, 2.24) is 0 Å². The van der Waals surface area contributed by atoms with Crippen molar-refractivity contribution in [2.75, 3.05) is 46.2 Å². The summed E-state index contributed by atoms with van der Waals surface area (Å²) in [6.45, 7) is -0.630. The van der Waals surface area contributed by atoms with Gasteiger partial charge in [0, 0.05) is 32.1 Å². The summed E-state index contributed by atoms with van der Waals surface area (Å²) >= 11 is 0. The molecule has 2 aliphatic heterocycles. The molecular formula is C36H69N2O15PS. The first-order valence-corrected chi connectivity index (χ1v) is 22.9. The van der Waals surface area contributed by atoms with Crippen LogP contribution in [0.1, 0.15) is 128 Å². The summed E-state index contributed by atoms with van der Waals surface area (Å²) in [5.41, 5.74) is 10.9. The number of rotatable bonds is 35. The maximum absolute atomic E-state index is 11.9. The molecular weight excluding hydrogens is 763 g/mol. The van der Waals surface area contributed by atoms with E-state index in [2.05, 4.69) is 13.2 Å². The van der Waals surface area contributed by atoms with Crippen molar-refractivity contribution in [2.24, 2.45) is 11.5 Å². The average molecular weight is 833 g/mol. The van der Waals surface area contributed by atoms with Crippen LogP contribution in [-0.4, -0.2) is 116 Å². The number of phosphoric ester groups is 1. The molecule has 2 rings (SSSR count). The standard InChI is InChI=1S/C36H69N2O15PS/c37-23-25-49-54(42,43)50-29-31(39)28-48-34(41)19-15-11-9-10-14-18-33-35-32(40)20-22-36(52-33,53-35)21-16-12-7-5-3-1-2-4-6-8-13-17-24-47-26-30(38)27-51-55(44,45)46/h15,19,30-33,35,39-40H,1-14,16-18,20-29,37-38H2,(H,42,43)(H,44,45,46)/b19-15+/t30-,31-,32-,33-,35-,36+/m1/s1. The number of phosphoric acid groups is 1. The fourth-order valence-corrected chi connectivity index (χ4v) is 7.70. The number of hydrogen-bond acceptors (Lipinski definition) is 15. The highest BCUT2D eigenvalue weighted by Crippen LogP contribution is 2.45. The summed E-state index contributed by atoms with van der Waals surface area (Å²) in [6, 6.07) is -0.604. The lowest BCUT2D eigenvalue weighted by Gasteiger charge is -2.33. The van der Waals surface area contributed by atoms with E-state index in [0.29, 0.717) is 25.9 Å². The van der Waals surface area contributed by atoms with E-state index in [-0.39, 0.29) is 38.6 Å². The van der Waals surface area contributed by atoms with E-state index in [9.17, 15) is 32.9 Å². The van der Waals surface area contributed by atoms with E-state index in [1.165, 1.54) is 51.0 Å². The monoisotopic (exact) mass is 832 g/mol. The van der Waals surface area contributed by atoms with Gasteiger partial charge >= 0.3 is 24.2 Å². The van der Waals surface area contributed by atoms with Gasteiger partial charge in [-0.2, -0.15) is 8.42 Å². The van der Waals surface area contributed by atoms with Gasteiger partial charge in [-0.25, -0.2) is 13.5 Å². The van der Waals surface area contributed by atoms with Gasteiger partial charge in [0.1, 0.15) is 18.8 Å². The second kappa shape index (κ2) is 28.4. The fraction of sp³-hybridized carbons (Fsp3) is 0.917. The first kappa shape index (κ1) is 50.1. The van der Waals surface area contributed by atoms with Crippen molar-refractivity contribution < 1.29 is 69.6 Å². The van der Waals surface area contributed by atoms with Gasteiger partial charge in [0.2, 0.25) is 0 Å². The number of fused-ring (bicyclic) bond motifs is 2. The Kier molecular flexibility index (Phi) is 25.8. The first-order chi connectivity index (χ1) is 26.2. The lowest BCUT2D eigenvalue weighted by atomic mass is 9.94. The maximum Gasteiger partial charge on any atom is 0.472 e. The third-order valence-electron chi connectivity index (χ3n) is 9.48. The quantitative estimate of drug-likeness (QED) is 0.0170. The minimum Gasteiger partial charge on any atom is -0.460 e. The van der Waals surface area contributed by atoms with Gasteiger partial charge in [0.05, 0.1) is 44.7 Å². The van der Waals surface area contributed by atoms with E-state index < -0.39 is 61.4 Å². The van der Waals surface area contributed by atoms with Crippen LogP contribution >= 0.6 is 7.82 Å². The predicted molar refractivity (Wildman–Crippen MR) is 204 cm³/mol. The normalized spacial score (nSPS) is 23.6. The van der Waals surface area contributed by atoms with Crippen molar-refractivity contribution in [3.8, 4) is 0 Å². The number of unbranched alkanes of at least 4 members (excludes halogenated alkanes) is 14. The van der Waals surface area contributed by atoms with Crippen LogP contribution in [0.3, 0.4) is 0 Å². The molecule has 2 fully saturated rings. The third-order valence-corrected chi connectivity index (χ3v) is 10.9. The van der Waals surface area contributed by atoms with Crippen LogP contribution in [0.2, 0.25) is 0 Å². The molecule has 324 valence electrons.